The van der Waals surface area contributed by atoms with E-state index >= 15 is 0 Å². The molecule has 0 amide bonds. The predicted molar refractivity (Wildman–Crippen MR) is 85.2 cm³/mol. The van der Waals surface area contributed by atoms with Crippen molar-refractivity contribution in [3.8, 4) is 11.3 Å². The van der Waals surface area contributed by atoms with Crippen LogP contribution >= 0.6 is 22.9 Å². The summed E-state index contributed by atoms with van der Waals surface area (Å²) in [6, 6.07) is 15.1. The Morgan fingerprint density at radius 1 is 1.14 bits per heavy atom. The standard InChI is InChI=1S/C17H10ClNOS/c18-12-6-7-13-11(8-12)9-14-15(13)19-17(21-14)16(20)10-4-2-1-3-5-10/h1-8H,9H2. The van der Waals surface area contributed by atoms with E-state index < -0.39 is 0 Å². The molecule has 4 rings (SSSR count). The molecule has 2 nitrogen and oxygen atoms in total. The SMILES string of the molecule is O=C(c1ccccc1)c1nc2c(s1)Cc1cc(Cl)ccc1-2. The van der Waals surface area contributed by atoms with Crippen LogP contribution in [0.5, 0.6) is 0 Å². The summed E-state index contributed by atoms with van der Waals surface area (Å²) in [5, 5.41) is 1.30. The fourth-order valence-electron chi connectivity index (χ4n) is 2.60. The maximum atomic E-state index is 12.4. The zero-order chi connectivity index (χ0) is 14.4. The highest BCUT2D eigenvalue weighted by Crippen LogP contribution is 2.40. The van der Waals surface area contributed by atoms with E-state index in [1.165, 1.54) is 16.9 Å². The van der Waals surface area contributed by atoms with Crippen molar-refractivity contribution in [1.82, 2.24) is 4.98 Å². The number of hydrogen-bond acceptors (Lipinski definition) is 3. The highest BCUT2D eigenvalue weighted by atomic mass is 35.5. The Bertz CT molecular complexity index is 854. The van der Waals surface area contributed by atoms with Gasteiger partial charge in [0, 0.05) is 27.4 Å². The van der Waals surface area contributed by atoms with Crippen molar-refractivity contribution in [2.45, 2.75) is 6.42 Å². The molecule has 4 heteroatoms. The van der Waals surface area contributed by atoms with Crippen LogP contribution in [0.3, 0.4) is 0 Å². The van der Waals surface area contributed by atoms with Crippen LogP contribution in [0.1, 0.15) is 25.8 Å². The number of nitrogens with zero attached hydrogens (tertiary/aromatic N) is 1. The van der Waals surface area contributed by atoms with Gasteiger partial charge in [0.15, 0.2) is 5.01 Å². The number of carbonyl (C=O) groups is 1. The normalized spacial score (nSPS) is 12.0. The molecule has 0 aliphatic heterocycles. The predicted octanol–water partition coefficient (Wildman–Crippen LogP) is 4.60. The van der Waals surface area contributed by atoms with Crippen molar-refractivity contribution in [2.75, 3.05) is 0 Å². The van der Waals surface area contributed by atoms with Crippen molar-refractivity contribution in [2.24, 2.45) is 0 Å². The number of rotatable bonds is 2. The quantitative estimate of drug-likeness (QED) is 0.506. The third-order valence-electron chi connectivity index (χ3n) is 3.60. The molecule has 102 valence electrons. The van der Waals surface area contributed by atoms with Crippen molar-refractivity contribution in [3.63, 3.8) is 0 Å². The molecule has 0 bridgehead atoms. The van der Waals surface area contributed by atoms with Gasteiger partial charge < -0.3 is 0 Å². The molecule has 2 aromatic carbocycles. The summed E-state index contributed by atoms with van der Waals surface area (Å²) in [4.78, 5) is 18.2. The lowest BCUT2D eigenvalue weighted by molar-refractivity contribution is 0.103. The Hall–Kier alpha value is -1.97. The minimum Gasteiger partial charge on any atom is -0.286 e. The van der Waals surface area contributed by atoms with Gasteiger partial charge in [0.2, 0.25) is 5.78 Å². The molecule has 0 saturated heterocycles. The molecule has 0 fully saturated rings. The van der Waals surface area contributed by atoms with Crippen molar-refractivity contribution >= 4 is 28.7 Å². The molecule has 0 atom stereocenters. The van der Waals surface area contributed by atoms with Gasteiger partial charge in [0.1, 0.15) is 0 Å². The van der Waals surface area contributed by atoms with E-state index in [1.54, 1.807) is 0 Å². The third-order valence-corrected chi connectivity index (χ3v) is 4.89. The molecule has 1 aliphatic carbocycles. The maximum absolute atomic E-state index is 12.4. The highest BCUT2D eigenvalue weighted by molar-refractivity contribution is 7.14. The van der Waals surface area contributed by atoms with E-state index in [-0.39, 0.29) is 5.78 Å². The molecule has 1 aromatic heterocycles. The third kappa shape index (κ3) is 2.09. The molecule has 1 aliphatic rings. The first-order valence-electron chi connectivity index (χ1n) is 6.60. The van der Waals surface area contributed by atoms with Crippen molar-refractivity contribution < 1.29 is 4.79 Å². The summed E-state index contributed by atoms with van der Waals surface area (Å²) in [7, 11) is 0. The van der Waals surface area contributed by atoms with E-state index in [2.05, 4.69) is 4.98 Å². The first-order chi connectivity index (χ1) is 10.2. The Labute approximate surface area is 131 Å². The maximum Gasteiger partial charge on any atom is 0.221 e. The van der Waals surface area contributed by atoms with Gasteiger partial charge >= 0.3 is 0 Å². The minimum atomic E-state index is -0.00878. The minimum absolute atomic E-state index is 0.00878. The van der Waals surface area contributed by atoms with Gasteiger partial charge in [-0.2, -0.15) is 0 Å². The van der Waals surface area contributed by atoms with Gasteiger partial charge in [-0.3, -0.25) is 4.79 Å². The molecule has 0 saturated carbocycles. The van der Waals surface area contributed by atoms with E-state index in [1.807, 2.05) is 48.5 Å². The molecular weight excluding hydrogens is 302 g/mol. The van der Waals surface area contributed by atoms with E-state index in [0.717, 1.165) is 27.6 Å². The van der Waals surface area contributed by atoms with Gasteiger partial charge in [-0.1, -0.05) is 48.0 Å². The number of benzene rings is 2. The molecule has 0 unspecified atom stereocenters. The number of hydrogen-bond donors (Lipinski definition) is 0. The number of aromatic nitrogens is 1. The molecular formula is C17H10ClNOS. The average Bonchev–Trinajstić information content (AvgIpc) is 3.04. The number of fused-ring (bicyclic) bond motifs is 3. The lowest BCUT2D eigenvalue weighted by atomic mass is 10.1. The van der Waals surface area contributed by atoms with Gasteiger partial charge in [-0.15, -0.1) is 11.3 Å². The van der Waals surface area contributed by atoms with E-state index in [0.29, 0.717) is 10.6 Å². The van der Waals surface area contributed by atoms with Crippen LogP contribution in [0, 0.1) is 0 Å². The van der Waals surface area contributed by atoms with Gasteiger partial charge in [0.25, 0.3) is 0 Å². The summed E-state index contributed by atoms with van der Waals surface area (Å²) < 4.78 is 0. The monoisotopic (exact) mass is 311 g/mol. The Kier molecular flexibility index (Phi) is 2.91. The van der Waals surface area contributed by atoms with Crippen LogP contribution in [0.25, 0.3) is 11.3 Å². The van der Waals surface area contributed by atoms with E-state index in [9.17, 15) is 4.79 Å². The van der Waals surface area contributed by atoms with Crippen LogP contribution in [0.15, 0.2) is 48.5 Å². The van der Waals surface area contributed by atoms with Gasteiger partial charge in [-0.05, 0) is 17.7 Å². The fourth-order valence-corrected chi connectivity index (χ4v) is 3.86. The summed E-state index contributed by atoms with van der Waals surface area (Å²) in [6.45, 7) is 0. The highest BCUT2D eigenvalue weighted by Gasteiger charge is 2.25. The second kappa shape index (κ2) is 4.79. The second-order valence-corrected chi connectivity index (χ2v) is 6.48. The number of thiazole rings is 1. The smallest absolute Gasteiger partial charge is 0.221 e. The Morgan fingerprint density at radius 3 is 2.76 bits per heavy atom. The van der Waals surface area contributed by atoms with Crippen LogP contribution < -0.4 is 0 Å². The van der Waals surface area contributed by atoms with Crippen LogP contribution in [0.4, 0.5) is 0 Å². The van der Waals surface area contributed by atoms with Gasteiger partial charge in [0.05, 0.1) is 5.69 Å². The first-order valence-corrected chi connectivity index (χ1v) is 7.80. The van der Waals surface area contributed by atoms with E-state index in [4.69, 9.17) is 11.6 Å². The number of carbonyl (C=O) groups excluding carboxylic acids is 1. The Morgan fingerprint density at radius 2 is 1.95 bits per heavy atom. The molecule has 1 heterocycles. The molecule has 0 N–H and O–H groups in total. The average molecular weight is 312 g/mol. The van der Waals surface area contributed by atoms with Crippen LogP contribution in [0.2, 0.25) is 5.02 Å². The fraction of sp³-hybridized carbons (Fsp3) is 0.0588. The molecule has 3 aromatic rings. The lowest BCUT2D eigenvalue weighted by Crippen LogP contribution is -2.00. The topological polar surface area (TPSA) is 30.0 Å². The van der Waals surface area contributed by atoms with Crippen LogP contribution in [-0.2, 0) is 6.42 Å². The Balaban J connectivity index is 1.75. The first kappa shape index (κ1) is 12.7. The van der Waals surface area contributed by atoms with Crippen molar-refractivity contribution in [1.29, 1.82) is 0 Å². The number of ketones is 1. The molecule has 21 heavy (non-hydrogen) atoms. The second-order valence-electron chi connectivity index (χ2n) is 4.96. The molecule has 0 spiro atoms. The summed E-state index contributed by atoms with van der Waals surface area (Å²) in [5.41, 5.74) is 3.90. The number of halogens is 1. The van der Waals surface area contributed by atoms with Crippen molar-refractivity contribution in [3.05, 3.63) is 74.6 Å². The summed E-state index contributed by atoms with van der Waals surface area (Å²) in [5.74, 6) is -0.00878. The van der Waals surface area contributed by atoms with Crippen LogP contribution in [-0.4, -0.2) is 10.8 Å². The van der Waals surface area contributed by atoms with Gasteiger partial charge in [-0.25, -0.2) is 4.98 Å². The summed E-state index contributed by atoms with van der Waals surface area (Å²) in [6.07, 6.45) is 0.810. The zero-order valence-corrected chi connectivity index (χ0v) is 12.5. The lowest BCUT2D eigenvalue weighted by Gasteiger charge is -2.00. The molecule has 0 radical (unpaired) electrons. The zero-order valence-electron chi connectivity index (χ0n) is 11.0. The largest absolute Gasteiger partial charge is 0.286 e. The summed E-state index contributed by atoms with van der Waals surface area (Å²) >= 11 is 7.51.